The lowest BCUT2D eigenvalue weighted by atomic mass is 10.1. The summed E-state index contributed by atoms with van der Waals surface area (Å²) in [5.74, 6) is -0.475. The molecule has 0 aliphatic carbocycles. The van der Waals surface area contributed by atoms with E-state index in [0.29, 0.717) is 11.2 Å². The Morgan fingerprint density at radius 1 is 1.03 bits per heavy atom. The average molecular weight is 432 g/mol. The van der Waals surface area contributed by atoms with E-state index in [2.05, 4.69) is 27.3 Å². The second kappa shape index (κ2) is 9.60. The molecule has 1 aromatic heterocycles. The van der Waals surface area contributed by atoms with E-state index in [0.717, 1.165) is 41.7 Å². The van der Waals surface area contributed by atoms with Crippen LogP contribution in [0.15, 0.2) is 41.6 Å². The Labute approximate surface area is 178 Å². The molecular weight excluding hydrogens is 401 g/mol. The van der Waals surface area contributed by atoms with Gasteiger partial charge in [0.1, 0.15) is 11.3 Å². The first-order valence-corrected chi connectivity index (χ1v) is 12.0. The molecule has 0 aliphatic heterocycles. The molecule has 162 valence electrons. The van der Waals surface area contributed by atoms with Crippen LogP contribution in [-0.4, -0.2) is 18.0 Å². The Kier molecular flexibility index (Phi) is 7.13. The molecule has 0 aliphatic rings. The van der Waals surface area contributed by atoms with Gasteiger partial charge in [0.2, 0.25) is 0 Å². The van der Waals surface area contributed by atoms with E-state index < -0.39 is 15.8 Å². The van der Waals surface area contributed by atoms with Gasteiger partial charge in [0, 0.05) is 6.54 Å². The van der Waals surface area contributed by atoms with E-state index in [9.17, 15) is 12.8 Å². The van der Waals surface area contributed by atoms with E-state index in [1.807, 2.05) is 13.8 Å². The van der Waals surface area contributed by atoms with Gasteiger partial charge in [-0.1, -0.05) is 39.0 Å². The van der Waals surface area contributed by atoms with Crippen LogP contribution in [0.3, 0.4) is 0 Å². The van der Waals surface area contributed by atoms with Crippen LogP contribution >= 0.6 is 0 Å². The monoisotopic (exact) mass is 431 g/mol. The van der Waals surface area contributed by atoms with Crippen LogP contribution in [0, 0.1) is 19.7 Å². The topological polar surface area (TPSA) is 64.0 Å². The van der Waals surface area contributed by atoms with Crippen LogP contribution in [0.2, 0.25) is 0 Å². The van der Waals surface area contributed by atoms with Crippen molar-refractivity contribution in [3.63, 3.8) is 0 Å². The summed E-state index contributed by atoms with van der Waals surface area (Å²) in [6, 6.07) is 6.86. The number of sulfonamides is 1. The fraction of sp³-hybridized carbons (Fsp3) is 0.435. The largest absolute Gasteiger partial charge is 0.331 e. The van der Waals surface area contributed by atoms with Crippen molar-refractivity contribution >= 4 is 26.7 Å². The van der Waals surface area contributed by atoms with E-state index in [1.165, 1.54) is 44.2 Å². The number of halogens is 1. The summed E-state index contributed by atoms with van der Waals surface area (Å²) < 4.78 is 43.7. The molecule has 1 N–H and O–H groups in total. The third kappa shape index (κ3) is 5.01. The first kappa shape index (κ1) is 22.3. The van der Waals surface area contributed by atoms with Crippen LogP contribution in [0.1, 0.15) is 56.6 Å². The predicted octanol–water partition coefficient (Wildman–Crippen LogP) is 5.95. The van der Waals surface area contributed by atoms with Crippen molar-refractivity contribution in [1.29, 1.82) is 0 Å². The molecule has 0 spiro atoms. The molecule has 0 saturated carbocycles. The van der Waals surface area contributed by atoms with Gasteiger partial charge in [-0.15, -0.1) is 0 Å². The zero-order valence-electron chi connectivity index (χ0n) is 17.9. The number of fused-ring (bicyclic) bond motifs is 1. The summed E-state index contributed by atoms with van der Waals surface area (Å²) >= 11 is 0. The van der Waals surface area contributed by atoms with Gasteiger partial charge in [0.15, 0.2) is 0 Å². The molecule has 3 rings (SSSR count). The number of nitrogens with zero attached hydrogens (tertiary/aromatic N) is 2. The zero-order valence-corrected chi connectivity index (χ0v) is 18.7. The van der Waals surface area contributed by atoms with Crippen LogP contribution in [0.4, 0.5) is 10.1 Å². The van der Waals surface area contributed by atoms with Crippen molar-refractivity contribution in [3.8, 4) is 0 Å². The molecule has 7 heteroatoms. The maximum atomic E-state index is 13.2. The maximum absolute atomic E-state index is 13.2. The Bertz CT molecular complexity index is 1110. The predicted molar refractivity (Wildman–Crippen MR) is 120 cm³/mol. The summed E-state index contributed by atoms with van der Waals surface area (Å²) in [5.41, 5.74) is 3.86. The normalized spacial score (nSPS) is 11.9. The lowest BCUT2D eigenvalue weighted by molar-refractivity contribution is 0.564. The number of imidazole rings is 1. The summed E-state index contributed by atoms with van der Waals surface area (Å²) in [6.45, 7) is 6.91. The van der Waals surface area contributed by atoms with Crippen LogP contribution < -0.4 is 4.72 Å². The highest BCUT2D eigenvalue weighted by molar-refractivity contribution is 7.92. The second-order valence-corrected chi connectivity index (χ2v) is 9.51. The maximum Gasteiger partial charge on any atom is 0.261 e. The number of anilines is 1. The van der Waals surface area contributed by atoms with E-state index in [-0.39, 0.29) is 4.90 Å². The molecule has 30 heavy (non-hydrogen) atoms. The van der Waals surface area contributed by atoms with Crippen molar-refractivity contribution in [3.05, 3.63) is 53.6 Å². The first-order chi connectivity index (χ1) is 14.3. The minimum absolute atomic E-state index is 0.0180. The summed E-state index contributed by atoms with van der Waals surface area (Å²) in [4.78, 5) is 4.53. The molecule has 2 aromatic carbocycles. The smallest absolute Gasteiger partial charge is 0.261 e. The second-order valence-electron chi connectivity index (χ2n) is 7.83. The van der Waals surface area contributed by atoms with Crippen LogP contribution in [-0.2, 0) is 16.6 Å². The van der Waals surface area contributed by atoms with Gasteiger partial charge < -0.3 is 4.57 Å². The molecule has 0 radical (unpaired) electrons. The van der Waals surface area contributed by atoms with Crippen molar-refractivity contribution < 1.29 is 12.8 Å². The van der Waals surface area contributed by atoms with Gasteiger partial charge in [0.25, 0.3) is 10.0 Å². The number of aromatic nitrogens is 2. The first-order valence-electron chi connectivity index (χ1n) is 10.6. The Hall–Kier alpha value is -2.41. The van der Waals surface area contributed by atoms with Crippen molar-refractivity contribution in [2.75, 3.05) is 4.72 Å². The minimum Gasteiger partial charge on any atom is -0.331 e. The number of rotatable bonds is 10. The van der Waals surface area contributed by atoms with Gasteiger partial charge in [-0.2, -0.15) is 0 Å². The molecule has 3 aromatic rings. The van der Waals surface area contributed by atoms with Crippen molar-refractivity contribution in [2.24, 2.45) is 0 Å². The Morgan fingerprint density at radius 2 is 1.70 bits per heavy atom. The highest BCUT2D eigenvalue weighted by Crippen LogP contribution is 2.31. The summed E-state index contributed by atoms with van der Waals surface area (Å²) in [5, 5.41) is 0. The molecule has 0 atom stereocenters. The van der Waals surface area contributed by atoms with Gasteiger partial charge in [-0.25, -0.2) is 17.8 Å². The number of hydrogen-bond donors (Lipinski definition) is 1. The zero-order chi connectivity index (χ0) is 21.7. The Morgan fingerprint density at radius 3 is 2.40 bits per heavy atom. The lowest BCUT2D eigenvalue weighted by Gasteiger charge is -2.14. The molecule has 0 fully saturated rings. The van der Waals surface area contributed by atoms with Crippen LogP contribution in [0.5, 0.6) is 0 Å². The fourth-order valence-corrected chi connectivity index (χ4v) is 4.73. The van der Waals surface area contributed by atoms with Crippen LogP contribution in [0.25, 0.3) is 11.0 Å². The molecular formula is C23H30FN3O2S. The average Bonchev–Trinajstić information content (AvgIpc) is 3.11. The number of aryl methyl sites for hydroxylation is 2. The summed E-state index contributed by atoms with van der Waals surface area (Å²) in [6.07, 6.45) is 9.06. The Balaban J connectivity index is 1.85. The number of nitrogens with one attached hydrogen (secondary N) is 1. The van der Waals surface area contributed by atoms with Gasteiger partial charge >= 0.3 is 0 Å². The molecule has 0 amide bonds. The number of unbranched alkanes of at least 4 members (excludes halogenated alkanes) is 5. The van der Waals surface area contributed by atoms with Gasteiger partial charge in [-0.3, -0.25) is 4.72 Å². The van der Waals surface area contributed by atoms with E-state index >= 15 is 0 Å². The molecule has 0 unspecified atom stereocenters. The number of hydrogen-bond acceptors (Lipinski definition) is 3. The quantitative estimate of drug-likeness (QED) is 0.403. The SMILES string of the molecule is CCCCCCCCn1cnc2c(NS(=O)(=O)c3ccc(F)cc3)c(C)c(C)cc21. The van der Waals surface area contributed by atoms with E-state index in [4.69, 9.17) is 0 Å². The third-order valence-electron chi connectivity index (χ3n) is 5.55. The highest BCUT2D eigenvalue weighted by atomic mass is 32.2. The lowest BCUT2D eigenvalue weighted by Crippen LogP contribution is -2.14. The van der Waals surface area contributed by atoms with Gasteiger partial charge in [-0.05, 0) is 61.7 Å². The molecule has 0 bridgehead atoms. The molecule has 0 saturated heterocycles. The molecule has 5 nitrogen and oxygen atoms in total. The highest BCUT2D eigenvalue weighted by Gasteiger charge is 2.20. The van der Waals surface area contributed by atoms with Crippen molar-refractivity contribution in [2.45, 2.75) is 70.7 Å². The minimum atomic E-state index is -3.85. The van der Waals surface area contributed by atoms with Gasteiger partial charge in [0.05, 0.1) is 22.4 Å². The fourth-order valence-electron chi connectivity index (χ4n) is 3.60. The molecule has 1 heterocycles. The number of benzene rings is 2. The van der Waals surface area contributed by atoms with Crippen molar-refractivity contribution in [1.82, 2.24) is 9.55 Å². The summed E-state index contributed by atoms with van der Waals surface area (Å²) in [7, 11) is -3.85. The van der Waals surface area contributed by atoms with E-state index in [1.54, 1.807) is 6.33 Å². The third-order valence-corrected chi connectivity index (χ3v) is 6.91. The standard InChI is InChI=1S/C23H30FN3O2S/c1-4-5-6-7-8-9-14-27-16-25-23-21(27)15-17(2)18(3)22(23)26-30(28,29)20-12-10-19(24)11-13-20/h10-13,15-16,26H,4-9,14H2,1-3H3.